The summed E-state index contributed by atoms with van der Waals surface area (Å²) in [7, 11) is 0. The fraction of sp³-hybridized carbons (Fsp3) is 0.458. The minimum atomic E-state index is 0. The Labute approximate surface area is 175 Å². The fourth-order valence-corrected chi connectivity index (χ4v) is 4.63. The van der Waals surface area contributed by atoms with Crippen LogP contribution in [-0.4, -0.2) is 41.4 Å². The van der Waals surface area contributed by atoms with Crippen molar-refractivity contribution in [3.63, 3.8) is 0 Å². The second-order valence-electron chi connectivity index (χ2n) is 8.07. The molecule has 4 heteroatoms. The van der Waals surface area contributed by atoms with E-state index in [2.05, 4.69) is 70.5 Å². The van der Waals surface area contributed by atoms with E-state index in [-0.39, 0.29) is 18.4 Å². The van der Waals surface area contributed by atoms with Crippen LogP contribution in [0.2, 0.25) is 0 Å². The molecule has 0 aromatic heterocycles. The molecule has 1 atom stereocenters. The summed E-state index contributed by atoms with van der Waals surface area (Å²) in [6.07, 6.45) is 5.55. The summed E-state index contributed by atoms with van der Waals surface area (Å²) in [5.41, 5.74) is 2.73. The van der Waals surface area contributed by atoms with Crippen molar-refractivity contribution < 1.29 is 4.79 Å². The van der Waals surface area contributed by atoms with Gasteiger partial charge in [-0.3, -0.25) is 9.69 Å². The summed E-state index contributed by atoms with van der Waals surface area (Å²) < 4.78 is 0. The number of piperidine rings is 1. The van der Waals surface area contributed by atoms with Gasteiger partial charge in [0.05, 0.1) is 6.04 Å². The molecule has 0 unspecified atom stereocenters. The van der Waals surface area contributed by atoms with Gasteiger partial charge in [-0.1, -0.05) is 60.7 Å². The van der Waals surface area contributed by atoms with Crippen molar-refractivity contribution in [2.24, 2.45) is 5.92 Å². The van der Waals surface area contributed by atoms with Gasteiger partial charge in [0.15, 0.2) is 0 Å². The van der Waals surface area contributed by atoms with Crippen LogP contribution in [-0.2, 0) is 17.8 Å². The Hall–Kier alpha value is -1.84. The van der Waals surface area contributed by atoms with E-state index in [4.69, 9.17) is 0 Å². The van der Waals surface area contributed by atoms with Crippen LogP contribution in [0, 0.1) is 5.92 Å². The molecular weight excluding hydrogens is 368 g/mol. The summed E-state index contributed by atoms with van der Waals surface area (Å²) in [5.74, 6) is 1.07. The first kappa shape index (κ1) is 20.9. The van der Waals surface area contributed by atoms with Crippen molar-refractivity contribution in [2.45, 2.75) is 44.7 Å². The number of likely N-dealkylation sites (tertiary alicyclic amines) is 2. The number of rotatable bonds is 5. The third-order valence-electron chi connectivity index (χ3n) is 6.17. The van der Waals surface area contributed by atoms with Crippen molar-refractivity contribution in [3.8, 4) is 0 Å². The van der Waals surface area contributed by atoms with E-state index in [1.807, 2.05) is 0 Å². The molecule has 0 N–H and O–H groups in total. The minimum Gasteiger partial charge on any atom is -0.341 e. The lowest BCUT2D eigenvalue weighted by atomic mass is 9.90. The Morgan fingerprint density at radius 2 is 1.43 bits per heavy atom. The highest BCUT2D eigenvalue weighted by Crippen LogP contribution is 2.26. The second-order valence-corrected chi connectivity index (χ2v) is 8.07. The maximum Gasteiger partial charge on any atom is 0.239 e. The van der Waals surface area contributed by atoms with E-state index in [1.54, 1.807) is 0 Å². The molecule has 0 spiro atoms. The van der Waals surface area contributed by atoms with Crippen molar-refractivity contribution in [3.05, 3.63) is 71.8 Å². The zero-order chi connectivity index (χ0) is 18.5. The van der Waals surface area contributed by atoms with E-state index in [1.165, 1.54) is 11.1 Å². The summed E-state index contributed by atoms with van der Waals surface area (Å²) in [6, 6.07) is 21.4. The van der Waals surface area contributed by atoms with E-state index in [0.29, 0.717) is 11.8 Å². The Bertz CT molecular complexity index is 729. The smallest absolute Gasteiger partial charge is 0.239 e. The van der Waals surface area contributed by atoms with E-state index in [0.717, 1.165) is 58.3 Å². The summed E-state index contributed by atoms with van der Waals surface area (Å²) in [4.78, 5) is 17.7. The molecule has 28 heavy (non-hydrogen) atoms. The van der Waals surface area contributed by atoms with Gasteiger partial charge in [-0.05, 0) is 55.7 Å². The number of amides is 1. The highest BCUT2D eigenvalue weighted by atomic mass is 35.5. The van der Waals surface area contributed by atoms with E-state index >= 15 is 0 Å². The maximum absolute atomic E-state index is 13.2. The van der Waals surface area contributed by atoms with Crippen LogP contribution in [0.1, 0.15) is 36.8 Å². The van der Waals surface area contributed by atoms with Gasteiger partial charge in [0.2, 0.25) is 5.91 Å². The topological polar surface area (TPSA) is 23.6 Å². The van der Waals surface area contributed by atoms with Gasteiger partial charge in [0, 0.05) is 19.6 Å². The standard InChI is InChI=1S/C24H30N2O.ClH/c27-24(23-12-7-15-26(23)19-22-10-5-2-6-11-22)25-16-13-21(14-17-25)18-20-8-3-1-4-9-20;/h1-6,8-11,21,23H,7,12-19H2;1H/t23-;/m0./s1. The predicted molar refractivity (Wildman–Crippen MR) is 117 cm³/mol. The minimum absolute atomic E-state index is 0. The summed E-state index contributed by atoms with van der Waals surface area (Å²) >= 11 is 0. The maximum atomic E-state index is 13.2. The molecule has 2 aromatic carbocycles. The van der Waals surface area contributed by atoms with Gasteiger partial charge in [0.25, 0.3) is 0 Å². The highest BCUT2D eigenvalue weighted by molar-refractivity contribution is 5.85. The Balaban J connectivity index is 0.00000225. The molecule has 0 aliphatic carbocycles. The zero-order valence-corrected chi connectivity index (χ0v) is 17.3. The molecule has 0 bridgehead atoms. The molecule has 2 aromatic rings. The van der Waals surface area contributed by atoms with Crippen molar-refractivity contribution >= 4 is 18.3 Å². The molecule has 2 heterocycles. The van der Waals surface area contributed by atoms with E-state index in [9.17, 15) is 4.79 Å². The van der Waals surface area contributed by atoms with Crippen LogP contribution < -0.4 is 0 Å². The molecule has 1 amide bonds. The fourth-order valence-electron chi connectivity index (χ4n) is 4.63. The first-order valence-corrected chi connectivity index (χ1v) is 10.4. The molecule has 2 aliphatic rings. The number of nitrogens with zero attached hydrogens (tertiary/aromatic N) is 2. The van der Waals surface area contributed by atoms with Gasteiger partial charge in [-0.25, -0.2) is 0 Å². The van der Waals surface area contributed by atoms with Gasteiger partial charge >= 0.3 is 0 Å². The molecule has 2 fully saturated rings. The van der Waals surface area contributed by atoms with Gasteiger partial charge in [0.1, 0.15) is 0 Å². The molecule has 0 saturated carbocycles. The van der Waals surface area contributed by atoms with Crippen LogP contribution in [0.5, 0.6) is 0 Å². The molecule has 150 valence electrons. The Kier molecular flexibility index (Phi) is 7.52. The van der Waals surface area contributed by atoms with Crippen LogP contribution in [0.3, 0.4) is 0 Å². The Morgan fingerprint density at radius 3 is 2.07 bits per heavy atom. The van der Waals surface area contributed by atoms with E-state index < -0.39 is 0 Å². The third-order valence-corrected chi connectivity index (χ3v) is 6.17. The highest BCUT2D eigenvalue weighted by Gasteiger charge is 2.34. The quantitative estimate of drug-likeness (QED) is 0.737. The molecular formula is C24H31ClN2O. The largest absolute Gasteiger partial charge is 0.341 e. The second kappa shape index (κ2) is 10.1. The van der Waals surface area contributed by atoms with Crippen LogP contribution in [0.4, 0.5) is 0 Å². The SMILES string of the molecule is Cl.O=C([C@@H]1CCCN1Cc1ccccc1)N1CCC(Cc2ccccc2)CC1. The Morgan fingerprint density at radius 1 is 0.821 bits per heavy atom. The van der Waals surface area contributed by atoms with Gasteiger partial charge in [-0.2, -0.15) is 0 Å². The molecule has 2 saturated heterocycles. The van der Waals surface area contributed by atoms with Crippen molar-refractivity contribution in [1.29, 1.82) is 0 Å². The number of carbonyl (C=O) groups is 1. The average Bonchev–Trinajstić information content (AvgIpc) is 3.18. The first-order valence-electron chi connectivity index (χ1n) is 10.4. The molecule has 2 aliphatic heterocycles. The van der Waals surface area contributed by atoms with Crippen LogP contribution >= 0.6 is 12.4 Å². The first-order chi connectivity index (χ1) is 13.3. The summed E-state index contributed by atoms with van der Waals surface area (Å²) in [5, 5.41) is 0. The monoisotopic (exact) mass is 398 g/mol. The lowest BCUT2D eigenvalue weighted by Gasteiger charge is -2.35. The summed E-state index contributed by atoms with van der Waals surface area (Å²) in [6.45, 7) is 3.77. The van der Waals surface area contributed by atoms with Gasteiger partial charge in [-0.15, -0.1) is 12.4 Å². The number of carbonyl (C=O) groups excluding carboxylic acids is 1. The lowest BCUT2D eigenvalue weighted by molar-refractivity contribution is -0.137. The lowest BCUT2D eigenvalue weighted by Crippen LogP contribution is -2.48. The number of hydrogen-bond donors (Lipinski definition) is 0. The zero-order valence-electron chi connectivity index (χ0n) is 16.5. The van der Waals surface area contributed by atoms with Crippen molar-refractivity contribution in [2.75, 3.05) is 19.6 Å². The number of benzene rings is 2. The molecule has 3 nitrogen and oxygen atoms in total. The number of hydrogen-bond acceptors (Lipinski definition) is 2. The number of halogens is 1. The van der Waals surface area contributed by atoms with Crippen LogP contribution in [0.15, 0.2) is 60.7 Å². The average molecular weight is 399 g/mol. The normalized spacial score (nSPS) is 20.7. The van der Waals surface area contributed by atoms with Crippen LogP contribution in [0.25, 0.3) is 0 Å². The third kappa shape index (κ3) is 5.15. The van der Waals surface area contributed by atoms with Gasteiger partial charge < -0.3 is 4.90 Å². The predicted octanol–water partition coefficient (Wildman–Crippen LogP) is 4.55. The molecule has 0 radical (unpaired) electrons. The molecule has 4 rings (SSSR count). The van der Waals surface area contributed by atoms with Crippen molar-refractivity contribution in [1.82, 2.24) is 9.80 Å².